The van der Waals surface area contributed by atoms with Gasteiger partial charge < -0.3 is 15.4 Å². The minimum Gasteiger partial charge on any atom is -0.478 e. The molecule has 2 aromatic carbocycles. The highest BCUT2D eigenvalue weighted by molar-refractivity contribution is 7.89. The van der Waals surface area contributed by atoms with Gasteiger partial charge in [0.05, 0.1) is 10.6 Å². The molecule has 176 valence electrons. The van der Waals surface area contributed by atoms with E-state index in [1.165, 1.54) is 22.0 Å². The molecule has 1 atom stereocenters. The summed E-state index contributed by atoms with van der Waals surface area (Å²) in [7, 11) is -3.75. The number of aryl methyl sites for hydroxylation is 1. The standard InChI is InChI=1S/C24H29N3O5S/c1-3-16-5-7-18(8-6-16)25-23(28)17-11-13-27(14-12-17)33(30,31)19-9-10-22-20(15-19)26-24(29)21(4-2)32-22/h5-10,15,17,21H,3-4,11-14H2,1-2H3,(H,25,28)(H,26,29)/t21-/m1/s1. The second kappa shape index (κ2) is 9.52. The van der Waals surface area contributed by atoms with Crippen molar-refractivity contribution in [2.75, 3.05) is 23.7 Å². The van der Waals surface area contributed by atoms with Gasteiger partial charge in [-0.15, -0.1) is 0 Å². The maximum absolute atomic E-state index is 13.2. The topological polar surface area (TPSA) is 105 Å². The zero-order valence-corrected chi connectivity index (χ0v) is 19.7. The number of carbonyl (C=O) groups is 2. The average molecular weight is 472 g/mol. The molecule has 1 fully saturated rings. The van der Waals surface area contributed by atoms with Crippen molar-refractivity contribution in [3.05, 3.63) is 48.0 Å². The van der Waals surface area contributed by atoms with E-state index in [-0.39, 0.29) is 35.7 Å². The van der Waals surface area contributed by atoms with Gasteiger partial charge in [-0.05, 0) is 61.6 Å². The Morgan fingerprint density at radius 2 is 1.82 bits per heavy atom. The lowest BCUT2D eigenvalue weighted by Crippen LogP contribution is -2.41. The fourth-order valence-corrected chi connectivity index (χ4v) is 5.63. The van der Waals surface area contributed by atoms with Crippen LogP contribution in [0.25, 0.3) is 0 Å². The van der Waals surface area contributed by atoms with Gasteiger partial charge in [0.15, 0.2) is 6.10 Å². The smallest absolute Gasteiger partial charge is 0.265 e. The van der Waals surface area contributed by atoms with E-state index in [9.17, 15) is 18.0 Å². The number of amides is 2. The minimum atomic E-state index is -3.75. The number of fused-ring (bicyclic) bond motifs is 1. The second-order valence-corrected chi connectivity index (χ2v) is 10.3. The molecule has 9 heteroatoms. The van der Waals surface area contributed by atoms with E-state index in [0.29, 0.717) is 30.7 Å². The molecule has 2 heterocycles. The van der Waals surface area contributed by atoms with E-state index >= 15 is 0 Å². The van der Waals surface area contributed by atoms with E-state index in [1.807, 2.05) is 31.2 Å². The van der Waals surface area contributed by atoms with Gasteiger partial charge in [-0.2, -0.15) is 4.31 Å². The predicted octanol–water partition coefficient (Wildman–Crippen LogP) is 3.40. The quantitative estimate of drug-likeness (QED) is 0.672. The Bertz CT molecular complexity index is 1140. The molecule has 0 aromatic heterocycles. The summed E-state index contributed by atoms with van der Waals surface area (Å²) < 4.78 is 33.4. The summed E-state index contributed by atoms with van der Waals surface area (Å²) in [6.07, 6.45) is 1.78. The Morgan fingerprint density at radius 1 is 1.12 bits per heavy atom. The number of nitrogens with zero attached hydrogens (tertiary/aromatic N) is 1. The van der Waals surface area contributed by atoms with Gasteiger partial charge in [-0.25, -0.2) is 8.42 Å². The molecule has 0 bridgehead atoms. The van der Waals surface area contributed by atoms with Crippen LogP contribution in [0.15, 0.2) is 47.4 Å². The van der Waals surface area contributed by atoms with Crippen LogP contribution in [-0.4, -0.2) is 43.7 Å². The Kier molecular flexibility index (Phi) is 6.71. The molecule has 0 saturated carbocycles. The van der Waals surface area contributed by atoms with E-state index < -0.39 is 16.1 Å². The van der Waals surface area contributed by atoms with Gasteiger partial charge in [-0.1, -0.05) is 26.0 Å². The van der Waals surface area contributed by atoms with Crippen molar-refractivity contribution in [3.8, 4) is 5.75 Å². The highest BCUT2D eigenvalue weighted by Gasteiger charge is 2.33. The summed E-state index contributed by atoms with van der Waals surface area (Å²) in [5.74, 6) is -0.154. The van der Waals surface area contributed by atoms with Crippen molar-refractivity contribution in [1.29, 1.82) is 0 Å². The minimum absolute atomic E-state index is 0.0876. The number of carbonyl (C=O) groups excluding carboxylic acids is 2. The maximum atomic E-state index is 13.2. The number of hydrogen-bond donors (Lipinski definition) is 2. The molecular formula is C24H29N3O5S. The van der Waals surface area contributed by atoms with Crippen LogP contribution in [0.5, 0.6) is 5.75 Å². The molecule has 33 heavy (non-hydrogen) atoms. The molecule has 1 saturated heterocycles. The Morgan fingerprint density at radius 3 is 2.45 bits per heavy atom. The van der Waals surface area contributed by atoms with E-state index in [0.717, 1.165) is 12.1 Å². The summed E-state index contributed by atoms with van der Waals surface area (Å²) in [5, 5.41) is 5.66. The Balaban J connectivity index is 1.39. The largest absolute Gasteiger partial charge is 0.478 e. The summed E-state index contributed by atoms with van der Waals surface area (Å²) in [4.78, 5) is 24.8. The molecule has 2 aromatic rings. The second-order valence-electron chi connectivity index (χ2n) is 8.38. The van der Waals surface area contributed by atoms with Gasteiger partial charge in [0.25, 0.3) is 5.91 Å². The van der Waals surface area contributed by atoms with Crippen LogP contribution in [0, 0.1) is 5.92 Å². The summed E-state index contributed by atoms with van der Waals surface area (Å²) in [6.45, 7) is 4.44. The average Bonchev–Trinajstić information content (AvgIpc) is 2.83. The van der Waals surface area contributed by atoms with Crippen LogP contribution in [0.2, 0.25) is 0 Å². The van der Waals surface area contributed by atoms with Crippen LogP contribution in [0.3, 0.4) is 0 Å². The van der Waals surface area contributed by atoms with E-state index in [4.69, 9.17) is 4.74 Å². The third kappa shape index (κ3) is 4.89. The zero-order valence-electron chi connectivity index (χ0n) is 18.8. The molecule has 0 aliphatic carbocycles. The summed E-state index contributed by atoms with van der Waals surface area (Å²) in [5.41, 5.74) is 2.30. The number of hydrogen-bond acceptors (Lipinski definition) is 5. The predicted molar refractivity (Wildman–Crippen MR) is 126 cm³/mol. The van der Waals surface area contributed by atoms with E-state index in [2.05, 4.69) is 17.6 Å². The highest BCUT2D eigenvalue weighted by atomic mass is 32.2. The third-order valence-corrected chi connectivity index (χ3v) is 8.13. The lowest BCUT2D eigenvalue weighted by Gasteiger charge is -2.31. The number of sulfonamides is 1. The third-order valence-electron chi connectivity index (χ3n) is 6.23. The van der Waals surface area contributed by atoms with Crippen molar-refractivity contribution >= 4 is 33.2 Å². The Hall–Kier alpha value is -2.91. The molecule has 2 amide bonds. The number of rotatable bonds is 6. The first-order valence-electron chi connectivity index (χ1n) is 11.3. The normalized spacial score (nSPS) is 19.3. The van der Waals surface area contributed by atoms with Crippen LogP contribution in [0.4, 0.5) is 11.4 Å². The SMILES string of the molecule is CCc1ccc(NC(=O)C2CCN(S(=O)(=O)c3ccc4c(c3)NC(=O)[C@@H](CC)O4)CC2)cc1. The van der Waals surface area contributed by atoms with Gasteiger partial charge in [0.1, 0.15) is 5.75 Å². The number of ether oxygens (including phenoxy) is 1. The summed E-state index contributed by atoms with van der Waals surface area (Å²) in [6, 6.07) is 12.3. The summed E-state index contributed by atoms with van der Waals surface area (Å²) >= 11 is 0. The van der Waals surface area contributed by atoms with Gasteiger partial charge in [0.2, 0.25) is 15.9 Å². The fraction of sp³-hybridized carbons (Fsp3) is 0.417. The zero-order chi connectivity index (χ0) is 23.6. The van der Waals surface area contributed by atoms with Crippen LogP contribution >= 0.6 is 0 Å². The van der Waals surface area contributed by atoms with Crippen LogP contribution in [-0.2, 0) is 26.0 Å². The van der Waals surface area contributed by atoms with E-state index in [1.54, 1.807) is 6.07 Å². The highest BCUT2D eigenvalue weighted by Crippen LogP contribution is 2.34. The molecule has 2 aliphatic heterocycles. The van der Waals surface area contributed by atoms with Crippen molar-refractivity contribution in [1.82, 2.24) is 4.31 Å². The molecule has 8 nitrogen and oxygen atoms in total. The molecule has 2 aliphatic rings. The van der Waals surface area contributed by atoms with Gasteiger partial charge in [-0.3, -0.25) is 9.59 Å². The number of piperidine rings is 1. The lowest BCUT2D eigenvalue weighted by atomic mass is 9.97. The van der Waals surface area contributed by atoms with Crippen molar-refractivity contribution in [2.45, 2.75) is 50.5 Å². The van der Waals surface area contributed by atoms with Crippen molar-refractivity contribution < 1.29 is 22.7 Å². The first-order valence-corrected chi connectivity index (χ1v) is 12.8. The molecule has 2 N–H and O–H groups in total. The molecule has 0 radical (unpaired) electrons. The first kappa shape index (κ1) is 23.3. The molecule has 0 spiro atoms. The fourth-order valence-electron chi connectivity index (χ4n) is 4.13. The van der Waals surface area contributed by atoms with Gasteiger partial charge in [0, 0.05) is 24.7 Å². The van der Waals surface area contributed by atoms with Crippen LogP contribution in [0.1, 0.15) is 38.7 Å². The molecule has 4 rings (SSSR count). The number of anilines is 2. The molecule has 0 unspecified atom stereocenters. The number of nitrogens with one attached hydrogen (secondary N) is 2. The van der Waals surface area contributed by atoms with Crippen LogP contribution < -0.4 is 15.4 Å². The first-order chi connectivity index (χ1) is 15.8. The maximum Gasteiger partial charge on any atom is 0.265 e. The lowest BCUT2D eigenvalue weighted by molar-refractivity contribution is -0.123. The van der Waals surface area contributed by atoms with Gasteiger partial charge >= 0.3 is 0 Å². The van der Waals surface area contributed by atoms with Crippen molar-refractivity contribution in [2.24, 2.45) is 5.92 Å². The van der Waals surface area contributed by atoms with Crippen molar-refractivity contribution in [3.63, 3.8) is 0 Å². The Labute approximate surface area is 194 Å². The monoisotopic (exact) mass is 471 g/mol. The molecular weight excluding hydrogens is 442 g/mol. The number of benzene rings is 2.